The molecular weight excluding hydrogens is 268 g/mol. The molecular formula is C16H24N2O3. The first-order valence-electron chi connectivity index (χ1n) is 7.69. The summed E-state index contributed by atoms with van der Waals surface area (Å²) in [5.74, 6) is 0.398. The fraction of sp³-hybridized carbons (Fsp3) is 0.625. The summed E-state index contributed by atoms with van der Waals surface area (Å²) >= 11 is 0. The summed E-state index contributed by atoms with van der Waals surface area (Å²) in [7, 11) is 1.55. The molecule has 0 spiro atoms. The summed E-state index contributed by atoms with van der Waals surface area (Å²) in [6.07, 6.45) is 9.07. The molecule has 1 saturated carbocycles. The van der Waals surface area contributed by atoms with E-state index in [2.05, 4.69) is 10.3 Å². The number of pyridine rings is 1. The van der Waals surface area contributed by atoms with E-state index < -0.39 is 0 Å². The van der Waals surface area contributed by atoms with E-state index in [1.807, 2.05) is 0 Å². The Kier molecular flexibility index (Phi) is 6.47. The minimum atomic E-state index is -0.109. The zero-order valence-corrected chi connectivity index (χ0v) is 12.6. The maximum Gasteiger partial charge on any atom is 0.252 e. The zero-order chi connectivity index (χ0) is 14.9. The number of nitrogens with one attached hydrogen (secondary N) is 1. The van der Waals surface area contributed by atoms with Crippen molar-refractivity contribution in [2.75, 3.05) is 20.3 Å². The average Bonchev–Trinajstić information content (AvgIpc) is 2.55. The number of amides is 1. The maximum absolute atomic E-state index is 11.9. The van der Waals surface area contributed by atoms with Gasteiger partial charge in [0.2, 0.25) is 5.88 Å². The van der Waals surface area contributed by atoms with Crippen LogP contribution in [0.5, 0.6) is 5.88 Å². The Balaban J connectivity index is 1.60. The van der Waals surface area contributed by atoms with Crippen molar-refractivity contribution in [3.63, 3.8) is 0 Å². The first-order valence-corrected chi connectivity index (χ1v) is 7.69. The Morgan fingerprint density at radius 1 is 1.33 bits per heavy atom. The Labute approximate surface area is 126 Å². The molecule has 2 rings (SSSR count). The van der Waals surface area contributed by atoms with Gasteiger partial charge >= 0.3 is 0 Å². The summed E-state index contributed by atoms with van der Waals surface area (Å²) in [5, 5.41) is 2.87. The van der Waals surface area contributed by atoms with Gasteiger partial charge in [0, 0.05) is 25.4 Å². The molecule has 0 unspecified atom stereocenters. The molecule has 5 nitrogen and oxygen atoms in total. The first kappa shape index (κ1) is 15.8. The lowest BCUT2D eigenvalue weighted by Gasteiger charge is -2.21. The monoisotopic (exact) mass is 292 g/mol. The van der Waals surface area contributed by atoms with Crippen molar-refractivity contribution in [3.05, 3.63) is 23.9 Å². The Morgan fingerprint density at radius 3 is 2.81 bits per heavy atom. The quantitative estimate of drug-likeness (QED) is 0.785. The molecule has 0 saturated heterocycles. The van der Waals surface area contributed by atoms with Gasteiger partial charge in [0.05, 0.1) is 18.8 Å². The van der Waals surface area contributed by atoms with E-state index in [9.17, 15) is 4.79 Å². The summed E-state index contributed by atoms with van der Waals surface area (Å²) in [6.45, 7) is 1.34. The highest BCUT2D eigenvalue weighted by molar-refractivity contribution is 5.93. The maximum atomic E-state index is 11.9. The van der Waals surface area contributed by atoms with E-state index >= 15 is 0 Å². The number of carbonyl (C=O) groups is 1. The molecule has 0 aliphatic heterocycles. The fourth-order valence-electron chi connectivity index (χ4n) is 2.49. The van der Waals surface area contributed by atoms with E-state index in [1.165, 1.54) is 38.3 Å². The average molecular weight is 292 g/mol. The van der Waals surface area contributed by atoms with Crippen LogP contribution in [0.15, 0.2) is 18.3 Å². The van der Waals surface area contributed by atoms with Crippen LogP contribution in [0.4, 0.5) is 0 Å². The molecule has 116 valence electrons. The van der Waals surface area contributed by atoms with Crippen molar-refractivity contribution in [2.24, 2.45) is 0 Å². The van der Waals surface area contributed by atoms with Crippen LogP contribution in [0.3, 0.4) is 0 Å². The minimum absolute atomic E-state index is 0.109. The van der Waals surface area contributed by atoms with Crippen LogP contribution in [-0.4, -0.2) is 37.3 Å². The summed E-state index contributed by atoms with van der Waals surface area (Å²) in [5.41, 5.74) is 0.545. The Bertz CT molecular complexity index is 428. The highest BCUT2D eigenvalue weighted by Crippen LogP contribution is 2.20. The van der Waals surface area contributed by atoms with Gasteiger partial charge in [0.15, 0.2) is 0 Å². The molecule has 5 heteroatoms. The third-order valence-electron chi connectivity index (χ3n) is 3.72. The lowest BCUT2D eigenvalue weighted by molar-refractivity contribution is 0.0273. The van der Waals surface area contributed by atoms with Gasteiger partial charge in [-0.3, -0.25) is 4.79 Å². The third-order valence-corrected chi connectivity index (χ3v) is 3.72. The van der Waals surface area contributed by atoms with Crippen molar-refractivity contribution in [1.29, 1.82) is 0 Å². The molecule has 1 aromatic heterocycles. The molecule has 21 heavy (non-hydrogen) atoms. The number of carbonyl (C=O) groups excluding carboxylic acids is 1. The van der Waals surface area contributed by atoms with Crippen LogP contribution in [0.2, 0.25) is 0 Å². The highest BCUT2D eigenvalue weighted by Gasteiger charge is 2.13. The van der Waals surface area contributed by atoms with E-state index in [0.29, 0.717) is 30.7 Å². The van der Waals surface area contributed by atoms with Crippen LogP contribution < -0.4 is 10.1 Å². The second kappa shape index (κ2) is 8.62. The van der Waals surface area contributed by atoms with Gasteiger partial charge in [-0.2, -0.15) is 0 Å². The molecule has 1 aromatic rings. The van der Waals surface area contributed by atoms with Crippen LogP contribution in [0.25, 0.3) is 0 Å². The van der Waals surface area contributed by atoms with Gasteiger partial charge in [-0.05, 0) is 25.3 Å². The standard InChI is InChI=1S/C16H24N2O3/c1-20-15-9-8-13(12-18-15)16(19)17-10-5-11-21-14-6-3-2-4-7-14/h8-9,12,14H,2-7,10-11H2,1H3,(H,17,19). The predicted molar refractivity (Wildman–Crippen MR) is 80.6 cm³/mol. The third kappa shape index (κ3) is 5.34. The predicted octanol–water partition coefficient (Wildman–Crippen LogP) is 2.56. The van der Waals surface area contributed by atoms with E-state index in [4.69, 9.17) is 9.47 Å². The number of hydrogen-bond acceptors (Lipinski definition) is 4. The van der Waals surface area contributed by atoms with Gasteiger partial charge in [-0.25, -0.2) is 4.98 Å². The largest absolute Gasteiger partial charge is 0.481 e. The van der Waals surface area contributed by atoms with E-state index in [0.717, 1.165) is 6.42 Å². The fourth-order valence-corrected chi connectivity index (χ4v) is 2.49. The minimum Gasteiger partial charge on any atom is -0.481 e. The lowest BCUT2D eigenvalue weighted by Crippen LogP contribution is -2.26. The first-order chi connectivity index (χ1) is 10.3. The molecule has 1 amide bonds. The molecule has 0 atom stereocenters. The second-order valence-corrected chi connectivity index (χ2v) is 5.33. The molecule has 1 aliphatic carbocycles. The number of rotatable bonds is 7. The zero-order valence-electron chi connectivity index (χ0n) is 12.6. The van der Waals surface area contributed by atoms with Crippen molar-refractivity contribution < 1.29 is 14.3 Å². The normalized spacial score (nSPS) is 15.7. The SMILES string of the molecule is COc1ccc(C(=O)NCCCOC2CCCCC2)cn1. The van der Waals surface area contributed by atoms with Crippen LogP contribution in [0.1, 0.15) is 48.9 Å². The van der Waals surface area contributed by atoms with Gasteiger partial charge in [-0.1, -0.05) is 19.3 Å². The molecule has 0 aromatic carbocycles. The number of nitrogens with zero attached hydrogens (tertiary/aromatic N) is 1. The smallest absolute Gasteiger partial charge is 0.252 e. The molecule has 1 fully saturated rings. The van der Waals surface area contributed by atoms with Crippen molar-refractivity contribution in [2.45, 2.75) is 44.6 Å². The molecule has 1 aliphatic rings. The number of aromatic nitrogens is 1. The summed E-state index contributed by atoms with van der Waals surface area (Å²) < 4.78 is 10.8. The van der Waals surface area contributed by atoms with Crippen molar-refractivity contribution >= 4 is 5.91 Å². The van der Waals surface area contributed by atoms with Crippen LogP contribution in [0, 0.1) is 0 Å². The molecule has 1 N–H and O–H groups in total. The Morgan fingerprint density at radius 2 is 2.14 bits per heavy atom. The second-order valence-electron chi connectivity index (χ2n) is 5.33. The van der Waals surface area contributed by atoms with Gasteiger partial charge < -0.3 is 14.8 Å². The topological polar surface area (TPSA) is 60.5 Å². The molecule has 0 radical (unpaired) electrons. The van der Waals surface area contributed by atoms with Gasteiger partial charge in [0.25, 0.3) is 5.91 Å². The van der Waals surface area contributed by atoms with Gasteiger partial charge in [-0.15, -0.1) is 0 Å². The lowest BCUT2D eigenvalue weighted by atomic mass is 9.98. The van der Waals surface area contributed by atoms with Gasteiger partial charge in [0.1, 0.15) is 0 Å². The number of hydrogen-bond donors (Lipinski definition) is 1. The van der Waals surface area contributed by atoms with Crippen LogP contribution in [-0.2, 0) is 4.74 Å². The van der Waals surface area contributed by atoms with Crippen LogP contribution >= 0.6 is 0 Å². The van der Waals surface area contributed by atoms with E-state index in [1.54, 1.807) is 19.2 Å². The number of methoxy groups -OCH3 is 1. The molecule has 0 bridgehead atoms. The Hall–Kier alpha value is -1.62. The summed E-state index contributed by atoms with van der Waals surface area (Å²) in [4.78, 5) is 15.9. The van der Waals surface area contributed by atoms with Crippen molar-refractivity contribution in [3.8, 4) is 5.88 Å². The molecule has 1 heterocycles. The van der Waals surface area contributed by atoms with E-state index in [-0.39, 0.29) is 5.91 Å². The summed E-state index contributed by atoms with van der Waals surface area (Å²) in [6, 6.07) is 3.39. The van der Waals surface area contributed by atoms with Crippen molar-refractivity contribution in [1.82, 2.24) is 10.3 Å². The highest BCUT2D eigenvalue weighted by atomic mass is 16.5. The number of ether oxygens (including phenoxy) is 2.